The summed E-state index contributed by atoms with van der Waals surface area (Å²) in [6.45, 7) is 1.86. The van der Waals surface area contributed by atoms with E-state index in [1.807, 2.05) is 49.4 Å². The molecule has 1 aliphatic rings. The van der Waals surface area contributed by atoms with Crippen molar-refractivity contribution in [2.45, 2.75) is 19.4 Å². The highest BCUT2D eigenvalue weighted by atomic mass is 16.2. The predicted octanol–water partition coefficient (Wildman–Crippen LogP) is 2.29. The van der Waals surface area contributed by atoms with Crippen LogP contribution in [-0.2, 0) is 11.2 Å². The molecule has 2 amide bonds. The van der Waals surface area contributed by atoms with Gasteiger partial charge >= 0.3 is 0 Å². The number of nitrogens with one attached hydrogen (secondary N) is 2. The molecule has 0 aliphatic carbocycles. The van der Waals surface area contributed by atoms with Crippen LogP contribution >= 0.6 is 0 Å². The van der Waals surface area contributed by atoms with Crippen LogP contribution in [0.1, 0.15) is 21.5 Å². The minimum Gasteiger partial charge on any atom is -0.340 e. The van der Waals surface area contributed by atoms with Gasteiger partial charge in [-0.3, -0.25) is 9.59 Å². The van der Waals surface area contributed by atoms with Crippen LogP contribution < -0.4 is 10.6 Å². The lowest BCUT2D eigenvalue weighted by Gasteiger charge is -2.14. The molecule has 0 fully saturated rings. The second kappa shape index (κ2) is 5.40. The first-order valence-corrected chi connectivity index (χ1v) is 6.90. The number of amides is 2. The van der Waals surface area contributed by atoms with Gasteiger partial charge in [0, 0.05) is 6.42 Å². The van der Waals surface area contributed by atoms with Crippen molar-refractivity contribution < 1.29 is 9.59 Å². The fourth-order valence-corrected chi connectivity index (χ4v) is 2.58. The highest BCUT2D eigenvalue weighted by Crippen LogP contribution is 2.22. The third-order valence-corrected chi connectivity index (χ3v) is 3.66. The maximum absolute atomic E-state index is 12.4. The predicted molar refractivity (Wildman–Crippen MR) is 81.2 cm³/mol. The number of fused-ring (bicyclic) bond motifs is 1. The third kappa shape index (κ3) is 2.65. The molecule has 106 valence electrons. The van der Waals surface area contributed by atoms with Crippen molar-refractivity contribution in [2.75, 3.05) is 5.32 Å². The average molecular weight is 280 g/mol. The second-order valence-corrected chi connectivity index (χ2v) is 5.20. The molecule has 1 aliphatic heterocycles. The van der Waals surface area contributed by atoms with E-state index >= 15 is 0 Å². The van der Waals surface area contributed by atoms with Gasteiger partial charge in [0.1, 0.15) is 6.04 Å². The lowest BCUT2D eigenvalue weighted by Crippen LogP contribution is -2.42. The highest BCUT2D eigenvalue weighted by Gasteiger charge is 2.28. The van der Waals surface area contributed by atoms with E-state index in [0.29, 0.717) is 17.7 Å². The molecule has 4 nitrogen and oxygen atoms in total. The zero-order valence-electron chi connectivity index (χ0n) is 11.7. The van der Waals surface area contributed by atoms with Crippen molar-refractivity contribution in [2.24, 2.45) is 0 Å². The Hall–Kier alpha value is -2.62. The summed E-state index contributed by atoms with van der Waals surface area (Å²) in [7, 11) is 0. The monoisotopic (exact) mass is 280 g/mol. The van der Waals surface area contributed by atoms with Crippen molar-refractivity contribution in [1.82, 2.24) is 5.32 Å². The number of aryl methyl sites for hydroxylation is 1. The number of carbonyl (C=O) groups excluding carboxylic acids is 2. The Morgan fingerprint density at radius 2 is 1.76 bits per heavy atom. The van der Waals surface area contributed by atoms with E-state index < -0.39 is 6.04 Å². The van der Waals surface area contributed by atoms with Gasteiger partial charge in [-0.2, -0.15) is 0 Å². The Balaban J connectivity index is 1.90. The van der Waals surface area contributed by atoms with Gasteiger partial charge in [0.05, 0.1) is 11.3 Å². The van der Waals surface area contributed by atoms with Crippen LogP contribution in [0.5, 0.6) is 0 Å². The molecule has 0 spiro atoms. The molecule has 0 bridgehead atoms. The van der Waals surface area contributed by atoms with E-state index in [2.05, 4.69) is 10.6 Å². The van der Waals surface area contributed by atoms with Crippen LogP contribution in [0.3, 0.4) is 0 Å². The largest absolute Gasteiger partial charge is 0.340 e. The maximum Gasteiger partial charge on any atom is 0.254 e. The minimum absolute atomic E-state index is 0.184. The Morgan fingerprint density at radius 1 is 1.00 bits per heavy atom. The SMILES string of the molecule is Cc1cccc2c1C(=O)N[C@@H](Cc1ccccc1)C(=O)N2. The van der Waals surface area contributed by atoms with E-state index in [0.717, 1.165) is 11.1 Å². The van der Waals surface area contributed by atoms with Gasteiger partial charge in [-0.15, -0.1) is 0 Å². The van der Waals surface area contributed by atoms with Gasteiger partial charge < -0.3 is 10.6 Å². The van der Waals surface area contributed by atoms with E-state index in [1.165, 1.54) is 0 Å². The summed E-state index contributed by atoms with van der Waals surface area (Å²) in [5.41, 5.74) is 2.99. The summed E-state index contributed by atoms with van der Waals surface area (Å²) in [5.74, 6) is -0.390. The van der Waals surface area contributed by atoms with Crippen LogP contribution in [0, 0.1) is 6.92 Å². The molecule has 0 aromatic heterocycles. The van der Waals surface area contributed by atoms with Crippen molar-refractivity contribution in [1.29, 1.82) is 0 Å². The fourth-order valence-electron chi connectivity index (χ4n) is 2.58. The Kier molecular flexibility index (Phi) is 3.44. The molecule has 3 rings (SSSR count). The first-order valence-electron chi connectivity index (χ1n) is 6.90. The van der Waals surface area contributed by atoms with Crippen LogP contribution in [0.15, 0.2) is 48.5 Å². The number of benzene rings is 2. The molecule has 2 aromatic carbocycles. The van der Waals surface area contributed by atoms with Crippen LogP contribution in [0.25, 0.3) is 0 Å². The first kappa shape index (κ1) is 13.4. The Morgan fingerprint density at radius 3 is 2.52 bits per heavy atom. The molecule has 4 heteroatoms. The standard InChI is InChI=1S/C17H16N2O2/c1-11-6-5-9-13-15(11)17(21)19-14(16(20)18-13)10-12-7-3-2-4-8-12/h2-9,14H,10H2,1H3,(H,18,20)(H,19,21)/t14-/m0/s1. The average Bonchev–Trinajstić information content (AvgIpc) is 2.58. The van der Waals surface area contributed by atoms with Gasteiger partial charge in [0.25, 0.3) is 5.91 Å². The smallest absolute Gasteiger partial charge is 0.254 e. The van der Waals surface area contributed by atoms with Crippen molar-refractivity contribution in [3.8, 4) is 0 Å². The minimum atomic E-state index is -0.563. The molecule has 0 radical (unpaired) electrons. The van der Waals surface area contributed by atoms with Crippen LogP contribution in [-0.4, -0.2) is 17.9 Å². The summed E-state index contributed by atoms with van der Waals surface area (Å²) in [5, 5.41) is 5.66. The van der Waals surface area contributed by atoms with Crippen LogP contribution in [0.2, 0.25) is 0 Å². The van der Waals surface area contributed by atoms with Gasteiger partial charge in [-0.25, -0.2) is 0 Å². The number of anilines is 1. The van der Waals surface area contributed by atoms with Crippen molar-refractivity contribution in [3.05, 3.63) is 65.2 Å². The lowest BCUT2D eigenvalue weighted by atomic mass is 10.1. The van der Waals surface area contributed by atoms with E-state index in [4.69, 9.17) is 0 Å². The summed E-state index contributed by atoms with van der Waals surface area (Å²) in [6, 6.07) is 14.5. The fraction of sp³-hybridized carbons (Fsp3) is 0.176. The van der Waals surface area contributed by atoms with Crippen LogP contribution in [0.4, 0.5) is 5.69 Å². The van der Waals surface area contributed by atoms with E-state index in [1.54, 1.807) is 6.07 Å². The van der Waals surface area contributed by atoms with E-state index in [-0.39, 0.29) is 11.8 Å². The number of carbonyl (C=O) groups is 2. The van der Waals surface area contributed by atoms with E-state index in [9.17, 15) is 9.59 Å². The second-order valence-electron chi connectivity index (χ2n) is 5.20. The van der Waals surface area contributed by atoms with Gasteiger partial charge in [0.15, 0.2) is 0 Å². The number of hydrogen-bond donors (Lipinski definition) is 2. The van der Waals surface area contributed by atoms with Crippen molar-refractivity contribution in [3.63, 3.8) is 0 Å². The van der Waals surface area contributed by atoms with Crippen molar-refractivity contribution >= 4 is 17.5 Å². The number of rotatable bonds is 2. The molecule has 2 N–H and O–H groups in total. The number of hydrogen-bond acceptors (Lipinski definition) is 2. The Labute approximate surface area is 123 Å². The summed E-state index contributed by atoms with van der Waals surface area (Å²) >= 11 is 0. The van der Waals surface area contributed by atoms with Gasteiger partial charge in [0.2, 0.25) is 5.91 Å². The summed E-state index contributed by atoms with van der Waals surface area (Å²) in [6.07, 6.45) is 0.478. The highest BCUT2D eigenvalue weighted by molar-refractivity contribution is 6.10. The molecule has 0 saturated heterocycles. The summed E-state index contributed by atoms with van der Waals surface area (Å²) < 4.78 is 0. The van der Waals surface area contributed by atoms with Gasteiger partial charge in [-0.1, -0.05) is 42.5 Å². The molecular formula is C17H16N2O2. The first-order chi connectivity index (χ1) is 10.1. The summed E-state index contributed by atoms with van der Waals surface area (Å²) in [4.78, 5) is 24.7. The molecule has 21 heavy (non-hydrogen) atoms. The zero-order chi connectivity index (χ0) is 14.8. The molecule has 2 aromatic rings. The van der Waals surface area contributed by atoms with Gasteiger partial charge in [-0.05, 0) is 24.1 Å². The molecule has 1 heterocycles. The maximum atomic E-state index is 12.4. The molecule has 1 atom stereocenters. The molecule has 0 unspecified atom stereocenters. The third-order valence-electron chi connectivity index (χ3n) is 3.66. The molecule has 0 saturated carbocycles. The zero-order valence-corrected chi connectivity index (χ0v) is 11.7. The normalized spacial score (nSPS) is 17.5. The topological polar surface area (TPSA) is 58.2 Å². The molecular weight excluding hydrogens is 264 g/mol. The quantitative estimate of drug-likeness (QED) is 0.886. The Bertz CT molecular complexity index is 695. The lowest BCUT2D eigenvalue weighted by molar-refractivity contribution is -0.117.